The van der Waals surface area contributed by atoms with Gasteiger partial charge in [-0.05, 0) is 20.3 Å². The van der Waals surface area contributed by atoms with E-state index in [1.807, 2.05) is 13.8 Å². The molecule has 1 atom stereocenters. The lowest BCUT2D eigenvalue weighted by Gasteiger charge is -2.13. The Hall–Kier alpha value is -1.85. The number of aryl methyl sites for hydroxylation is 1. The predicted octanol–water partition coefficient (Wildman–Crippen LogP) is 1.12. The highest BCUT2D eigenvalue weighted by Gasteiger charge is 2.12. The van der Waals surface area contributed by atoms with Crippen molar-refractivity contribution in [2.75, 3.05) is 19.0 Å². The number of nitrogens with one attached hydrogen (secondary N) is 2. The van der Waals surface area contributed by atoms with E-state index in [1.165, 1.54) is 0 Å². The number of ether oxygens (including phenoxy) is 1. The van der Waals surface area contributed by atoms with Gasteiger partial charge in [0.1, 0.15) is 6.04 Å². The third-order valence-corrected chi connectivity index (χ3v) is 2.27. The van der Waals surface area contributed by atoms with Crippen molar-refractivity contribution < 1.29 is 9.53 Å². The minimum Gasteiger partial charge on any atom is -0.478 e. The average molecular weight is 252 g/mol. The summed E-state index contributed by atoms with van der Waals surface area (Å²) in [5, 5.41) is 5.50. The molecule has 0 saturated heterocycles. The summed E-state index contributed by atoms with van der Waals surface area (Å²) in [6.07, 6.45) is 0.917. The number of hydrogen-bond acceptors (Lipinski definition) is 5. The van der Waals surface area contributed by atoms with E-state index in [2.05, 4.69) is 20.6 Å². The van der Waals surface area contributed by atoms with E-state index in [0.29, 0.717) is 18.4 Å². The topological polar surface area (TPSA) is 76.1 Å². The van der Waals surface area contributed by atoms with Gasteiger partial charge >= 0.3 is 0 Å². The van der Waals surface area contributed by atoms with E-state index in [0.717, 1.165) is 12.1 Å². The van der Waals surface area contributed by atoms with Crippen molar-refractivity contribution in [3.8, 4) is 5.88 Å². The molecule has 6 heteroatoms. The maximum absolute atomic E-state index is 11.4. The summed E-state index contributed by atoms with van der Waals surface area (Å²) in [6, 6.07) is 1.38. The molecule has 0 aromatic carbocycles. The summed E-state index contributed by atoms with van der Waals surface area (Å²) in [7, 11) is 1.59. The van der Waals surface area contributed by atoms with Crippen LogP contribution in [-0.2, 0) is 4.79 Å². The van der Waals surface area contributed by atoms with Crippen LogP contribution in [0.2, 0.25) is 0 Å². The van der Waals surface area contributed by atoms with E-state index < -0.39 is 6.04 Å². The lowest BCUT2D eigenvalue weighted by molar-refractivity contribution is -0.121. The highest BCUT2D eigenvalue weighted by molar-refractivity contribution is 5.83. The molecule has 100 valence electrons. The number of carbonyl (C=O) groups is 1. The van der Waals surface area contributed by atoms with Crippen LogP contribution in [0.4, 0.5) is 5.95 Å². The fourth-order valence-corrected chi connectivity index (χ4v) is 1.36. The molecule has 0 aliphatic carbocycles. The van der Waals surface area contributed by atoms with Gasteiger partial charge in [0.25, 0.3) is 0 Å². The summed E-state index contributed by atoms with van der Waals surface area (Å²) < 4.78 is 5.45. The second kappa shape index (κ2) is 6.78. The molecule has 1 amide bonds. The van der Waals surface area contributed by atoms with Crippen LogP contribution in [0, 0.1) is 6.92 Å². The number of anilines is 1. The van der Waals surface area contributed by atoms with Gasteiger partial charge in [-0.1, -0.05) is 6.92 Å². The van der Waals surface area contributed by atoms with Crippen LogP contribution in [0.5, 0.6) is 5.88 Å². The highest BCUT2D eigenvalue weighted by atomic mass is 16.5. The van der Waals surface area contributed by atoms with Crippen molar-refractivity contribution >= 4 is 11.9 Å². The molecule has 1 rings (SSSR count). The molecule has 1 aromatic rings. The van der Waals surface area contributed by atoms with Crippen molar-refractivity contribution in [3.05, 3.63) is 11.8 Å². The molecule has 6 nitrogen and oxygen atoms in total. The Balaban J connectivity index is 2.76. The number of carbonyl (C=O) groups excluding carboxylic acids is 1. The number of likely N-dealkylation sites (N-methyl/N-ethyl adjacent to an activating group) is 1. The number of aromatic nitrogens is 2. The number of hydrogen-bond donors (Lipinski definition) is 2. The lowest BCUT2D eigenvalue weighted by Crippen LogP contribution is -2.35. The van der Waals surface area contributed by atoms with Crippen molar-refractivity contribution in [1.29, 1.82) is 0 Å². The monoisotopic (exact) mass is 252 g/mol. The van der Waals surface area contributed by atoms with Crippen molar-refractivity contribution in [3.63, 3.8) is 0 Å². The minimum absolute atomic E-state index is 0.115. The first kappa shape index (κ1) is 14.2. The van der Waals surface area contributed by atoms with Gasteiger partial charge in [-0.25, -0.2) is 4.98 Å². The van der Waals surface area contributed by atoms with E-state index in [9.17, 15) is 4.79 Å². The van der Waals surface area contributed by atoms with Crippen LogP contribution in [0.1, 0.15) is 26.0 Å². The molecule has 0 aliphatic rings. The van der Waals surface area contributed by atoms with Crippen LogP contribution < -0.4 is 15.4 Å². The second-order valence-electron chi connectivity index (χ2n) is 4.00. The number of rotatable bonds is 6. The molecule has 1 heterocycles. The summed E-state index contributed by atoms with van der Waals surface area (Å²) in [6.45, 7) is 6.25. The highest BCUT2D eigenvalue weighted by Crippen LogP contribution is 2.12. The second-order valence-corrected chi connectivity index (χ2v) is 4.00. The molecule has 0 spiro atoms. The van der Waals surface area contributed by atoms with Crippen molar-refractivity contribution in [1.82, 2.24) is 15.3 Å². The van der Waals surface area contributed by atoms with E-state index in [-0.39, 0.29) is 5.91 Å². The normalized spacial score (nSPS) is 11.8. The Morgan fingerprint density at radius 1 is 1.50 bits per heavy atom. The molecular weight excluding hydrogens is 232 g/mol. The third kappa shape index (κ3) is 4.20. The van der Waals surface area contributed by atoms with Crippen LogP contribution in [0.3, 0.4) is 0 Å². The zero-order valence-corrected chi connectivity index (χ0v) is 11.3. The minimum atomic E-state index is -0.393. The molecule has 2 N–H and O–H groups in total. The molecule has 0 saturated carbocycles. The first-order valence-electron chi connectivity index (χ1n) is 6.03. The fourth-order valence-electron chi connectivity index (χ4n) is 1.36. The van der Waals surface area contributed by atoms with Crippen molar-refractivity contribution in [2.45, 2.75) is 33.2 Å². The number of amides is 1. The summed E-state index contributed by atoms with van der Waals surface area (Å²) in [5.74, 6) is 0.810. The lowest BCUT2D eigenvalue weighted by atomic mass is 10.3. The van der Waals surface area contributed by atoms with Crippen LogP contribution in [0.15, 0.2) is 6.07 Å². The fraction of sp³-hybridized carbons (Fsp3) is 0.583. The molecule has 0 fully saturated rings. The Kier molecular flexibility index (Phi) is 5.35. The smallest absolute Gasteiger partial charge is 0.242 e. The molecule has 18 heavy (non-hydrogen) atoms. The molecule has 0 aliphatic heterocycles. The van der Waals surface area contributed by atoms with Gasteiger partial charge in [0.05, 0.1) is 6.61 Å². The largest absolute Gasteiger partial charge is 0.478 e. The average Bonchev–Trinajstić information content (AvgIpc) is 2.34. The van der Waals surface area contributed by atoms with Crippen molar-refractivity contribution in [2.24, 2.45) is 0 Å². The van der Waals surface area contributed by atoms with Gasteiger partial charge in [-0.2, -0.15) is 4.98 Å². The Labute approximate surface area is 107 Å². The van der Waals surface area contributed by atoms with Gasteiger partial charge in [-0.3, -0.25) is 4.79 Å². The summed E-state index contributed by atoms with van der Waals surface area (Å²) >= 11 is 0. The van der Waals surface area contributed by atoms with Crippen LogP contribution >= 0.6 is 0 Å². The molecular formula is C12H20N4O2. The molecule has 1 aromatic heterocycles. The SMILES string of the molecule is CCCOc1cc(C)nc(NC(C)C(=O)NC)n1. The van der Waals surface area contributed by atoms with Gasteiger partial charge in [0, 0.05) is 18.8 Å². The first-order chi connectivity index (χ1) is 8.56. The van der Waals surface area contributed by atoms with Gasteiger partial charge in [-0.15, -0.1) is 0 Å². The maximum atomic E-state index is 11.4. The summed E-state index contributed by atoms with van der Waals surface area (Å²) in [4.78, 5) is 19.8. The quantitative estimate of drug-likeness (QED) is 0.793. The standard InChI is InChI=1S/C12H20N4O2/c1-5-6-18-10-7-8(2)14-12(16-10)15-9(3)11(17)13-4/h7,9H,5-6H2,1-4H3,(H,13,17)(H,14,15,16). The Bertz CT molecular complexity index is 409. The zero-order valence-electron chi connectivity index (χ0n) is 11.3. The van der Waals surface area contributed by atoms with E-state index in [4.69, 9.17) is 4.74 Å². The zero-order chi connectivity index (χ0) is 13.5. The van der Waals surface area contributed by atoms with Gasteiger partial charge in [0.15, 0.2) is 0 Å². The predicted molar refractivity (Wildman–Crippen MR) is 69.7 cm³/mol. The van der Waals surface area contributed by atoms with E-state index >= 15 is 0 Å². The Morgan fingerprint density at radius 3 is 2.83 bits per heavy atom. The first-order valence-corrected chi connectivity index (χ1v) is 6.03. The van der Waals surface area contributed by atoms with Crippen LogP contribution in [0.25, 0.3) is 0 Å². The molecule has 0 bridgehead atoms. The Morgan fingerprint density at radius 2 is 2.22 bits per heavy atom. The molecule has 1 unspecified atom stereocenters. The third-order valence-electron chi connectivity index (χ3n) is 2.27. The molecule has 0 radical (unpaired) electrons. The van der Waals surface area contributed by atoms with Crippen LogP contribution in [-0.4, -0.2) is 35.6 Å². The number of nitrogens with zero attached hydrogens (tertiary/aromatic N) is 2. The van der Waals surface area contributed by atoms with E-state index in [1.54, 1.807) is 20.0 Å². The summed E-state index contributed by atoms with van der Waals surface area (Å²) in [5.41, 5.74) is 0.794. The maximum Gasteiger partial charge on any atom is 0.242 e. The van der Waals surface area contributed by atoms with Gasteiger partial charge < -0.3 is 15.4 Å². The van der Waals surface area contributed by atoms with Gasteiger partial charge in [0.2, 0.25) is 17.7 Å².